The highest BCUT2D eigenvalue weighted by Crippen LogP contribution is 2.26. The number of hydrogen-bond acceptors (Lipinski definition) is 4. The first-order valence-electron chi connectivity index (χ1n) is 12.2. The van der Waals surface area contributed by atoms with E-state index in [2.05, 4.69) is 5.32 Å². The molecule has 7 nitrogen and oxygen atoms in total. The summed E-state index contributed by atoms with van der Waals surface area (Å²) >= 11 is 6.03. The molecule has 0 aromatic heterocycles. The van der Waals surface area contributed by atoms with Gasteiger partial charge in [0, 0.05) is 17.6 Å². The molecule has 0 saturated heterocycles. The van der Waals surface area contributed by atoms with Crippen molar-refractivity contribution in [2.45, 2.75) is 50.7 Å². The summed E-state index contributed by atoms with van der Waals surface area (Å²) < 4.78 is 41.9. The Hall–Kier alpha value is -3.43. The second kappa shape index (κ2) is 12.9. The number of rotatable bonds is 11. The summed E-state index contributed by atoms with van der Waals surface area (Å²) in [5.41, 5.74) is 0.840. The van der Waals surface area contributed by atoms with E-state index in [-0.39, 0.29) is 35.5 Å². The predicted molar refractivity (Wildman–Crippen MR) is 147 cm³/mol. The van der Waals surface area contributed by atoms with E-state index in [1.54, 1.807) is 25.1 Å². The number of halogens is 2. The van der Waals surface area contributed by atoms with Gasteiger partial charge in [-0.15, -0.1) is 0 Å². The van der Waals surface area contributed by atoms with Crippen molar-refractivity contribution in [1.82, 2.24) is 10.2 Å². The molecule has 0 aliphatic heterocycles. The summed E-state index contributed by atoms with van der Waals surface area (Å²) in [7, 11) is -4.15. The lowest BCUT2D eigenvalue weighted by molar-refractivity contribution is -0.140. The largest absolute Gasteiger partial charge is 0.352 e. The van der Waals surface area contributed by atoms with Crippen molar-refractivity contribution in [2.75, 3.05) is 10.8 Å². The van der Waals surface area contributed by atoms with Crippen molar-refractivity contribution in [3.05, 3.63) is 95.3 Å². The number of carbonyl (C=O) groups is 2. The molecular weight excluding hydrogens is 529 g/mol. The molecule has 10 heteroatoms. The minimum atomic E-state index is -4.15. The first-order valence-corrected chi connectivity index (χ1v) is 14.0. The number of carbonyl (C=O) groups excluding carboxylic acids is 2. The minimum absolute atomic E-state index is 0.0109. The smallest absolute Gasteiger partial charge is 0.264 e. The molecular formula is C28H31ClFN3O4S. The fraction of sp³-hybridized carbons (Fsp3) is 0.286. The normalized spacial score (nSPS) is 12.2. The lowest BCUT2D eigenvalue weighted by Gasteiger charge is -2.33. The first kappa shape index (κ1) is 29.1. The Labute approximate surface area is 228 Å². The van der Waals surface area contributed by atoms with Gasteiger partial charge in [-0.05, 0) is 74.4 Å². The van der Waals surface area contributed by atoms with Gasteiger partial charge in [0.05, 0.1) is 10.6 Å². The average Bonchev–Trinajstić information content (AvgIpc) is 2.89. The molecule has 0 unspecified atom stereocenters. The highest BCUT2D eigenvalue weighted by atomic mass is 35.5. The lowest BCUT2D eigenvalue weighted by atomic mass is 10.1. The second-order valence-corrected chi connectivity index (χ2v) is 11.3. The SMILES string of the molecule is CC[C@@H](C(=O)NC(C)C)N(Cc1ccc(F)cc1)C(=O)CN(c1ccc(Cl)cc1)S(=O)(=O)c1ccccc1. The zero-order valence-electron chi connectivity index (χ0n) is 21.5. The molecule has 3 aromatic carbocycles. The van der Waals surface area contributed by atoms with Crippen LogP contribution >= 0.6 is 11.6 Å². The van der Waals surface area contributed by atoms with Crippen molar-refractivity contribution in [2.24, 2.45) is 0 Å². The minimum Gasteiger partial charge on any atom is -0.352 e. The van der Waals surface area contributed by atoms with Crippen LogP contribution in [0.4, 0.5) is 10.1 Å². The predicted octanol–water partition coefficient (Wildman–Crippen LogP) is 5.01. The molecule has 0 aliphatic carbocycles. The van der Waals surface area contributed by atoms with Gasteiger partial charge in [0.1, 0.15) is 18.4 Å². The third-order valence-electron chi connectivity index (χ3n) is 5.81. The van der Waals surface area contributed by atoms with Crippen LogP contribution in [0, 0.1) is 5.82 Å². The summed E-state index contributed by atoms with van der Waals surface area (Å²) in [6.07, 6.45) is 0.290. The van der Waals surface area contributed by atoms with Gasteiger partial charge >= 0.3 is 0 Å². The number of amides is 2. The number of nitrogens with one attached hydrogen (secondary N) is 1. The Morgan fingerprint density at radius 3 is 2.11 bits per heavy atom. The van der Waals surface area contributed by atoms with Gasteiger partial charge in [-0.25, -0.2) is 12.8 Å². The van der Waals surface area contributed by atoms with Crippen molar-refractivity contribution >= 4 is 39.1 Å². The molecule has 202 valence electrons. The van der Waals surface area contributed by atoms with Crippen LogP contribution in [0.25, 0.3) is 0 Å². The maximum Gasteiger partial charge on any atom is 0.264 e. The molecule has 1 atom stereocenters. The van der Waals surface area contributed by atoms with E-state index in [0.29, 0.717) is 10.6 Å². The van der Waals surface area contributed by atoms with Crippen LogP contribution < -0.4 is 9.62 Å². The molecule has 0 aliphatic rings. The average molecular weight is 560 g/mol. The molecule has 38 heavy (non-hydrogen) atoms. The van der Waals surface area contributed by atoms with Gasteiger partial charge in [0.15, 0.2) is 0 Å². The van der Waals surface area contributed by atoms with Gasteiger partial charge in [-0.3, -0.25) is 13.9 Å². The molecule has 2 amide bonds. The topological polar surface area (TPSA) is 86.8 Å². The summed E-state index contributed by atoms with van der Waals surface area (Å²) in [6.45, 7) is 4.82. The molecule has 3 aromatic rings. The Kier molecular flexibility index (Phi) is 9.88. The van der Waals surface area contributed by atoms with Gasteiger partial charge in [-0.1, -0.05) is 48.9 Å². The van der Waals surface area contributed by atoms with E-state index in [9.17, 15) is 22.4 Å². The van der Waals surface area contributed by atoms with E-state index in [1.165, 1.54) is 65.6 Å². The van der Waals surface area contributed by atoms with Crippen LogP contribution in [0.5, 0.6) is 0 Å². The Balaban J connectivity index is 2.04. The molecule has 0 saturated carbocycles. The highest BCUT2D eigenvalue weighted by Gasteiger charge is 2.33. The Morgan fingerprint density at radius 1 is 0.947 bits per heavy atom. The molecule has 0 heterocycles. The molecule has 0 spiro atoms. The monoisotopic (exact) mass is 559 g/mol. The summed E-state index contributed by atoms with van der Waals surface area (Å²) in [5, 5.41) is 3.24. The van der Waals surface area contributed by atoms with Crippen LogP contribution in [-0.4, -0.2) is 43.8 Å². The Morgan fingerprint density at radius 2 is 1.55 bits per heavy atom. The molecule has 3 rings (SSSR count). The van der Waals surface area contributed by atoms with E-state index in [4.69, 9.17) is 11.6 Å². The van der Waals surface area contributed by atoms with Crippen LogP contribution in [0.2, 0.25) is 5.02 Å². The van der Waals surface area contributed by atoms with E-state index in [0.717, 1.165) is 4.31 Å². The fourth-order valence-electron chi connectivity index (χ4n) is 3.94. The van der Waals surface area contributed by atoms with Crippen molar-refractivity contribution in [3.8, 4) is 0 Å². The first-order chi connectivity index (χ1) is 18.0. The van der Waals surface area contributed by atoms with Crippen LogP contribution in [-0.2, 0) is 26.2 Å². The number of nitrogens with zero attached hydrogens (tertiary/aromatic N) is 2. The zero-order valence-corrected chi connectivity index (χ0v) is 23.0. The quantitative estimate of drug-likeness (QED) is 0.358. The lowest BCUT2D eigenvalue weighted by Crippen LogP contribution is -2.53. The Bertz CT molecular complexity index is 1330. The van der Waals surface area contributed by atoms with Crippen molar-refractivity contribution in [1.29, 1.82) is 0 Å². The summed E-state index contributed by atoms with van der Waals surface area (Å²) in [6, 6.07) is 18.5. The molecule has 1 N–H and O–H groups in total. The van der Waals surface area contributed by atoms with Crippen LogP contribution in [0.1, 0.15) is 32.8 Å². The maximum atomic E-state index is 13.9. The molecule has 0 bridgehead atoms. The highest BCUT2D eigenvalue weighted by molar-refractivity contribution is 7.92. The van der Waals surface area contributed by atoms with Crippen LogP contribution in [0.3, 0.4) is 0 Å². The standard InChI is InChI=1S/C28H31ClFN3O4S/c1-4-26(28(35)31-20(2)3)32(18-21-10-14-23(30)15-11-21)27(34)19-33(24-16-12-22(29)13-17-24)38(36,37)25-8-6-5-7-9-25/h5-17,20,26H,4,18-19H2,1-3H3,(H,31,35)/t26-/m0/s1. The van der Waals surface area contributed by atoms with Gasteiger partial charge in [-0.2, -0.15) is 0 Å². The van der Waals surface area contributed by atoms with E-state index < -0.39 is 34.3 Å². The molecule has 0 fully saturated rings. The number of benzene rings is 3. The second-order valence-electron chi connectivity index (χ2n) is 9.04. The molecule has 0 radical (unpaired) electrons. The van der Waals surface area contributed by atoms with Gasteiger partial charge in [0.2, 0.25) is 11.8 Å². The van der Waals surface area contributed by atoms with Crippen molar-refractivity contribution < 1.29 is 22.4 Å². The van der Waals surface area contributed by atoms with E-state index in [1.807, 2.05) is 13.8 Å². The van der Waals surface area contributed by atoms with Crippen molar-refractivity contribution in [3.63, 3.8) is 0 Å². The number of anilines is 1. The number of hydrogen-bond donors (Lipinski definition) is 1. The maximum absolute atomic E-state index is 13.9. The number of sulfonamides is 1. The van der Waals surface area contributed by atoms with Gasteiger partial charge in [0.25, 0.3) is 10.0 Å². The van der Waals surface area contributed by atoms with Crippen LogP contribution in [0.15, 0.2) is 83.8 Å². The zero-order chi connectivity index (χ0) is 27.9. The fourth-order valence-corrected chi connectivity index (χ4v) is 5.50. The third kappa shape index (κ3) is 7.33. The van der Waals surface area contributed by atoms with E-state index >= 15 is 0 Å². The summed E-state index contributed by atoms with van der Waals surface area (Å²) in [4.78, 5) is 28.3. The summed E-state index contributed by atoms with van der Waals surface area (Å²) in [5.74, 6) is -1.38. The third-order valence-corrected chi connectivity index (χ3v) is 7.85. The van der Waals surface area contributed by atoms with Gasteiger partial charge < -0.3 is 10.2 Å².